The Bertz CT molecular complexity index is 641. The number of hydrogen-bond acceptors (Lipinski definition) is 3. The normalized spacial score (nSPS) is 10.5. The molecule has 0 bridgehead atoms. The molecule has 0 aliphatic heterocycles. The van der Waals surface area contributed by atoms with Gasteiger partial charge in [0.25, 0.3) is 0 Å². The first-order valence-corrected chi connectivity index (χ1v) is 8.41. The van der Waals surface area contributed by atoms with Crippen molar-refractivity contribution in [1.82, 2.24) is 0 Å². The first-order valence-electron chi connectivity index (χ1n) is 8.41. The smallest absolute Gasteiger partial charge is 0.243 e. The second kappa shape index (κ2) is 8.96. The minimum absolute atomic E-state index is 0.0544. The summed E-state index contributed by atoms with van der Waals surface area (Å²) in [4.78, 5) is 14.5. The first-order chi connectivity index (χ1) is 11.6. The second-order valence-electron chi connectivity index (χ2n) is 6.10. The Morgan fingerprint density at radius 2 is 1.75 bits per heavy atom. The predicted molar refractivity (Wildman–Crippen MR) is 99.7 cm³/mol. The molecule has 0 spiro atoms. The Morgan fingerprint density at radius 3 is 2.42 bits per heavy atom. The third-order valence-electron chi connectivity index (χ3n) is 3.57. The maximum Gasteiger partial charge on any atom is 0.243 e. The molecule has 0 fully saturated rings. The van der Waals surface area contributed by atoms with Gasteiger partial charge in [0, 0.05) is 12.2 Å². The number of nitrogens with one attached hydrogen (secondary N) is 1. The van der Waals surface area contributed by atoms with Crippen LogP contribution in [-0.2, 0) is 4.79 Å². The summed E-state index contributed by atoms with van der Waals surface area (Å²) in [5, 5.41) is 2.96. The Hall–Kier alpha value is -2.49. The summed E-state index contributed by atoms with van der Waals surface area (Å²) in [5.41, 5.74) is 1.76. The van der Waals surface area contributed by atoms with Crippen LogP contribution in [0.5, 0.6) is 5.75 Å². The number of ether oxygens (including phenoxy) is 1. The second-order valence-corrected chi connectivity index (χ2v) is 6.10. The van der Waals surface area contributed by atoms with Gasteiger partial charge in [-0.25, -0.2) is 0 Å². The van der Waals surface area contributed by atoms with Crippen molar-refractivity contribution >= 4 is 17.3 Å². The maximum absolute atomic E-state index is 12.4. The molecule has 128 valence electrons. The number of benzene rings is 2. The lowest BCUT2D eigenvalue weighted by atomic mass is 10.2. The van der Waals surface area contributed by atoms with E-state index >= 15 is 0 Å². The number of carbonyl (C=O) groups excluding carboxylic acids is 1. The molecule has 1 amide bonds. The lowest BCUT2D eigenvalue weighted by molar-refractivity contribution is -0.115. The van der Waals surface area contributed by atoms with Crippen LogP contribution < -0.4 is 15.0 Å². The van der Waals surface area contributed by atoms with E-state index in [0.717, 1.165) is 12.2 Å². The number of anilines is 2. The number of hydrogen-bond donors (Lipinski definition) is 1. The van der Waals surface area contributed by atoms with Gasteiger partial charge in [-0.05, 0) is 37.1 Å². The van der Waals surface area contributed by atoms with E-state index < -0.39 is 0 Å². The summed E-state index contributed by atoms with van der Waals surface area (Å²) in [7, 11) is 0. The molecule has 1 N–H and O–H groups in total. The highest BCUT2D eigenvalue weighted by Crippen LogP contribution is 2.24. The van der Waals surface area contributed by atoms with Crippen LogP contribution in [0.3, 0.4) is 0 Å². The van der Waals surface area contributed by atoms with E-state index in [0.29, 0.717) is 30.5 Å². The fourth-order valence-electron chi connectivity index (χ4n) is 2.34. The maximum atomic E-state index is 12.4. The number of nitrogens with zero attached hydrogens (tertiary/aromatic N) is 1. The topological polar surface area (TPSA) is 41.6 Å². The molecular weight excluding hydrogens is 300 g/mol. The lowest BCUT2D eigenvalue weighted by Gasteiger charge is -2.22. The van der Waals surface area contributed by atoms with Crippen molar-refractivity contribution in [3.05, 3.63) is 54.6 Å². The van der Waals surface area contributed by atoms with Crippen molar-refractivity contribution in [2.45, 2.75) is 20.8 Å². The van der Waals surface area contributed by atoms with Crippen molar-refractivity contribution in [2.75, 3.05) is 29.9 Å². The molecular formula is C20H26N2O2. The number of likely N-dealkylation sites (N-methyl/N-ethyl adjacent to an activating group) is 1. The molecule has 0 aliphatic carbocycles. The van der Waals surface area contributed by atoms with Crippen molar-refractivity contribution in [1.29, 1.82) is 0 Å². The Morgan fingerprint density at radius 1 is 1.08 bits per heavy atom. The standard InChI is InChI=1S/C20H26N2O2/c1-4-22(17-10-6-5-7-11-17)14-20(23)21-18-12-8-9-13-19(18)24-15-16(2)3/h5-13,16H,4,14-15H2,1-3H3,(H,21,23). The number of para-hydroxylation sites is 3. The van der Waals surface area contributed by atoms with E-state index in [1.54, 1.807) is 0 Å². The van der Waals surface area contributed by atoms with E-state index in [1.165, 1.54) is 0 Å². The molecule has 0 saturated heterocycles. The van der Waals surface area contributed by atoms with Gasteiger partial charge in [-0.3, -0.25) is 4.79 Å². The summed E-state index contributed by atoms with van der Waals surface area (Å²) in [5.74, 6) is 1.09. The van der Waals surface area contributed by atoms with Gasteiger partial charge in [-0.15, -0.1) is 0 Å². The van der Waals surface area contributed by atoms with Gasteiger partial charge >= 0.3 is 0 Å². The fraction of sp³-hybridized carbons (Fsp3) is 0.350. The van der Waals surface area contributed by atoms with Crippen LogP contribution in [0.15, 0.2) is 54.6 Å². The van der Waals surface area contributed by atoms with Gasteiger partial charge in [0.2, 0.25) is 5.91 Å². The molecule has 0 saturated carbocycles. The van der Waals surface area contributed by atoms with E-state index in [2.05, 4.69) is 19.2 Å². The van der Waals surface area contributed by atoms with Crippen molar-refractivity contribution < 1.29 is 9.53 Å². The van der Waals surface area contributed by atoms with Crippen LogP contribution in [0, 0.1) is 5.92 Å². The molecule has 0 aliphatic rings. The van der Waals surface area contributed by atoms with Gasteiger partial charge in [-0.1, -0.05) is 44.2 Å². The molecule has 0 unspecified atom stereocenters. The third kappa shape index (κ3) is 5.30. The average Bonchev–Trinajstić information content (AvgIpc) is 2.59. The molecule has 24 heavy (non-hydrogen) atoms. The molecule has 4 heteroatoms. The highest BCUT2D eigenvalue weighted by molar-refractivity contribution is 5.95. The summed E-state index contributed by atoms with van der Waals surface area (Å²) in [6, 6.07) is 17.5. The van der Waals surface area contributed by atoms with Crippen molar-refractivity contribution in [2.24, 2.45) is 5.92 Å². The van der Waals surface area contributed by atoms with Gasteiger partial charge in [0.1, 0.15) is 5.75 Å². The first kappa shape index (κ1) is 17.9. The van der Waals surface area contributed by atoms with Crippen LogP contribution in [0.25, 0.3) is 0 Å². The quantitative estimate of drug-likeness (QED) is 0.791. The van der Waals surface area contributed by atoms with E-state index in [-0.39, 0.29) is 5.91 Å². The zero-order valence-electron chi connectivity index (χ0n) is 14.7. The van der Waals surface area contributed by atoms with Crippen LogP contribution >= 0.6 is 0 Å². The highest BCUT2D eigenvalue weighted by Gasteiger charge is 2.12. The SMILES string of the molecule is CCN(CC(=O)Nc1ccccc1OCC(C)C)c1ccccc1. The average molecular weight is 326 g/mol. The Kier molecular flexibility index (Phi) is 6.67. The fourth-order valence-corrected chi connectivity index (χ4v) is 2.34. The van der Waals surface area contributed by atoms with Crippen LogP contribution in [0.4, 0.5) is 11.4 Å². The molecule has 4 nitrogen and oxygen atoms in total. The largest absolute Gasteiger partial charge is 0.491 e. The number of rotatable bonds is 8. The summed E-state index contributed by atoms with van der Waals surface area (Å²) in [6.07, 6.45) is 0. The molecule has 2 aromatic carbocycles. The number of carbonyl (C=O) groups is 1. The highest BCUT2D eigenvalue weighted by atomic mass is 16.5. The molecule has 0 heterocycles. The minimum atomic E-state index is -0.0544. The number of amides is 1. The Balaban J connectivity index is 2.01. The zero-order chi connectivity index (χ0) is 17.4. The molecule has 0 radical (unpaired) electrons. The lowest BCUT2D eigenvalue weighted by Crippen LogP contribution is -2.33. The van der Waals surface area contributed by atoms with E-state index in [4.69, 9.17) is 4.74 Å². The summed E-state index contributed by atoms with van der Waals surface area (Å²) in [6.45, 7) is 7.93. The van der Waals surface area contributed by atoms with Crippen molar-refractivity contribution in [3.63, 3.8) is 0 Å². The van der Waals surface area contributed by atoms with Crippen LogP contribution in [0.2, 0.25) is 0 Å². The summed E-state index contributed by atoms with van der Waals surface area (Å²) >= 11 is 0. The van der Waals surface area contributed by atoms with Gasteiger partial charge in [0.15, 0.2) is 0 Å². The van der Waals surface area contributed by atoms with Crippen LogP contribution in [-0.4, -0.2) is 25.6 Å². The predicted octanol–water partition coefficient (Wildman–Crippen LogP) is 4.19. The minimum Gasteiger partial charge on any atom is -0.491 e. The third-order valence-corrected chi connectivity index (χ3v) is 3.57. The molecule has 0 aromatic heterocycles. The summed E-state index contributed by atoms with van der Waals surface area (Å²) < 4.78 is 5.79. The Labute approximate surface area is 144 Å². The monoisotopic (exact) mass is 326 g/mol. The van der Waals surface area contributed by atoms with E-state index in [9.17, 15) is 4.79 Å². The van der Waals surface area contributed by atoms with E-state index in [1.807, 2.05) is 66.4 Å². The van der Waals surface area contributed by atoms with Crippen molar-refractivity contribution in [3.8, 4) is 5.75 Å². The van der Waals surface area contributed by atoms with Gasteiger partial charge < -0.3 is 15.0 Å². The van der Waals surface area contributed by atoms with Crippen LogP contribution in [0.1, 0.15) is 20.8 Å². The van der Waals surface area contributed by atoms with Gasteiger partial charge in [-0.2, -0.15) is 0 Å². The molecule has 2 rings (SSSR count). The zero-order valence-corrected chi connectivity index (χ0v) is 14.7. The van der Waals surface area contributed by atoms with Gasteiger partial charge in [0.05, 0.1) is 18.8 Å². The molecule has 0 atom stereocenters. The molecule has 2 aromatic rings.